The minimum absolute atomic E-state index is 0.125. The Morgan fingerprint density at radius 2 is 2.06 bits per heavy atom. The van der Waals surface area contributed by atoms with Crippen LogP contribution >= 0.6 is 0 Å². The molecule has 86 valence electrons. The second-order valence-electron chi connectivity index (χ2n) is 4.93. The third kappa shape index (κ3) is 1.82. The molecule has 2 aliphatic rings. The highest BCUT2D eigenvalue weighted by Gasteiger charge is 2.47. The molecule has 1 heterocycles. The largest absolute Gasteiger partial charge is 0.338 e. The van der Waals surface area contributed by atoms with E-state index in [9.17, 15) is 4.79 Å². The molecule has 1 aromatic carbocycles. The van der Waals surface area contributed by atoms with Crippen LogP contribution in [0.2, 0.25) is 0 Å². The number of hydrogen-bond acceptors (Lipinski definition) is 1. The summed E-state index contributed by atoms with van der Waals surface area (Å²) in [6, 6.07) is 10.8. The standard InChI is InChI=1S/C15H15NO/c1-2-11-8-15(17)16(10-11)14-9-13(14)12-6-4-3-5-7-12/h1,3-7,11,13-14H,8-10H2. The molecule has 1 saturated carbocycles. The summed E-state index contributed by atoms with van der Waals surface area (Å²) in [5, 5.41) is 0. The number of amides is 1. The highest BCUT2D eigenvalue weighted by Crippen LogP contribution is 2.46. The van der Waals surface area contributed by atoms with Gasteiger partial charge in [0.15, 0.2) is 0 Å². The van der Waals surface area contributed by atoms with Crippen LogP contribution in [-0.2, 0) is 4.79 Å². The molecule has 0 aromatic heterocycles. The summed E-state index contributed by atoms with van der Waals surface area (Å²) in [6.07, 6.45) is 7.02. The number of rotatable bonds is 2. The zero-order valence-electron chi connectivity index (χ0n) is 9.67. The molecule has 17 heavy (non-hydrogen) atoms. The maximum atomic E-state index is 11.8. The Kier molecular flexibility index (Phi) is 2.40. The molecule has 3 rings (SSSR count). The number of carbonyl (C=O) groups is 1. The Bertz CT molecular complexity index is 473. The Morgan fingerprint density at radius 3 is 2.71 bits per heavy atom. The Balaban J connectivity index is 1.70. The summed E-state index contributed by atoms with van der Waals surface area (Å²) >= 11 is 0. The van der Waals surface area contributed by atoms with Crippen LogP contribution in [0.4, 0.5) is 0 Å². The van der Waals surface area contributed by atoms with Gasteiger partial charge in [-0.2, -0.15) is 0 Å². The molecule has 0 radical (unpaired) electrons. The second kappa shape index (κ2) is 3.92. The van der Waals surface area contributed by atoms with Crippen LogP contribution in [0.1, 0.15) is 24.3 Å². The molecule has 1 saturated heterocycles. The van der Waals surface area contributed by atoms with E-state index in [0.717, 1.165) is 13.0 Å². The molecule has 1 aliphatic heterocycles. The lowest BCUT2D eigenvalue weighted by Gasteiger charge is -2.15. The second-order valence-corrected chi connectivity index (χ2v) is 4.93. The van der Waals surface area contributed by atoms with E-state index in [0.29, 0.717) is 18.4 Å². The van der Waals surface area contributed by atoms with Gasteiger partial charge in [-0.25, -0.2) is 0 Å². The van der Waals surface area contributed by atoms with E-state index in [-0.39, 0.29) is 11.8 Å². The zero-order valence-corrected chi connectivity index (χ0v) is 9.67. The van der Waals surface area contributed by atoms with Gasteiger partial charge in [0.2, 0.25) is 5.91 Å². The van der Waals surface area contributed by atoms with Gasteiger partial charge < -0.3 is 4.90 Å². The summed E-state index contributed by atoms with van der Waals surface area (Å²) in [7, 11) is 0. The summed E-state index contributed by atoms with van der Waals surface area (Å²) in [6.45, 7) is 0.753. The Labute approximate surface area is 102 Å². The van der Waals surface area contributed by atoms with Crippen LogP contribution in [0, 0.1) is 18.3 Å². The van der Waals surface area contributed by atoms with Crippen LogP contribution in [-0.4, -0.2) is 23.4 Å². The smallest absolute Gasteiger partial charge is 0.224 e. The van der Waals surface area contributed by atoms with Crippen LogP contribution in [0.3, 0.4) is 0 Å². The minimum Gasteiger partial charge on any atom is -0.338 e. The number of hydrogen-bond donors (Lipinski definition) is 0. The summed E-state index contributed by atoms with van der Waals surface area (Å²) in [5.41, 5.74) is 1.34. The lowest BCUT2D eigenvalue weighted by atomic mass is 10.1. The molecule has 0 N–H and O–H groups in total. The highest BCUT2D eigenvalue weighted by molar-refractivity contribution is 5.80. The predicted octanol–water partition coefficient (Wildman–Crippen LogP) is 2.02. The molecule has 2 nitrogen and oxygen atoms in total. The van der Waals surface area contributed by atoms with Crippen molar-refractivity contribution in [2.45, 2.75) is 24.8 Å². The van der Waals surface area contributed by atoms with E-state index in [1.54, 1.807) is 0 Å². The van der Waals surface area contributed by atoms with Crippen molar-refractivity contribution < 1.29 is 4.79 Å². The van der Waals surface area contributed by atoms with Crippen molar-refractivity contribution in [2.75, 3.05) is 6.54 Å². The molecule has 1 amide bonds. The fourth-order valence-corrected chi connectivity index (χ4v) is 2.75. The van der Waals surface area contributed by atoms with Gasteiger partial charge in [-0.15, -0.1) is 12.3 Å². The molecule has 0 spiro atoms. The minimum atomic E-state index is 0.125. The maximum Gasteiger partial charge on any atom is 0.224 e. The van der Waals surface area contributed by atoms with E-state index in [1.165, 1.54) is 5.56 Å². The maximum absolute atomic E-state index is 11.8. The molecule has 0 bridgehead atoms. The quantitative estimate of drug-likeness (QED) is 0.705. The molecule has 1 aromatic rings. The van der Waals surface area contributed by atoms with Crippen molar-refractivity contribution in [1.29, 1.82) is 0 Å². The van der Waals surface area contributed by atoms with Crippen LogP contribution < -0.4 is 0 Å². The first-order valence-electron chi connectivity index (χ1n) is 6.10. The van der Waals surface area contributed by atoms with Crippen molar-refractivity contribution in [3.8, 4) is 12.3 Å². The zero-order chi connectivity index (χ0) is 11.8. The van der Waals surface area contributed by atoms with Gasteiger partial charge in [0.1, 0.15) is 0 Å². The van der Waals surface area contributed by atoms with Crippen molar-refractivity contribution in [2.24, 2.45) is 5.92 Å². The third-order valence-electron chi connectivity index (χ3n) is 3.78. The van der Waals surface area contributed by atoms with Gasteiger partial charge in [0.05, 0.1) is 0 Å². The first kappa shape index (κ1) is 10.4. The summed E-state index contributed by atoms with van der Waals surface area (Å²) < 4.78 is 0. The predicted molar refractivity (Wildman–Crippen MR) is 66.2 cm³/mol. The van der Waals surface area contributed by atoms with Gasteiger partial charge in [-0.05, 0) is 12.0 Å². The summed E-state index contributed by atoms with van der Waals surface area (Å²) in [5.74, 6) is 3.58. The number of nitrogens with zero attached hydrogens (tertiary/aromatic N) is 1. The SMILES string of the molecule is C#CC1CC(=O)N(C2CC2c2ccccc2)C1. The molecule has 2 heteroatoms. The molecule has 1 aliphatic carbocycles. The van der Waals surface area contributed by atoms with E-state index in [2.05, 4.69) is 30.2 Å². The Morgan fingerprint density at radius 1 is 1.29 bits per heavy atom. The molecule has 3 atom stereocenters. The lowest BCUT2D eigenvalue weighted by Crippen LogP contribution is -2.28. The summed E-state index contributed by atoms with van der Waals surface area (Å²) in [4.78, 5) is 13.8. The number of carbonyl (C=O) groups excluding carboxylic acids is 1. The fourth-order valence-electron chi connectivity index (χ4n) is 2.75. The van der Waals surface area contributed by atoms with Gasteiger partial charge in [0.25, 0.3) is 0 Å². The first-order valence-corrected chi connectivity index (χ1v) is 6.10. The van der Waals surface area contributed by atoms with E-state index >= 15 is 0 Å². The first-order chi connectivity index (χ1) is 8.29. The average molecular weight is 225 g/mol. The van der Waals surface area contributed by atoms with Crippen LogP contribution in [0.15, 0.2) is 30.3 Å². The topological polar surface area (TPSA) is 20.3 Å². The number of likely N-dealkylation sites (tertiary alicyclic amines) is 1. The molecule has 2 fully saturated rings. The van der Waals surface area contributed by atoms with Gasteiger partial charge >= 0.3 is 0 Å². The fraction of sp³-hybridized carbons (Fsp3) is 0.400. The molecule has 3 unspecified atom stereocenters. The van der Waals surface area contributed by atoms with Crippen LogP contribution in [0.5, 0.6) is 0 Å². The van der Waals surface area contributed by atoms with Crippen LogP contribution in [0.25, 0.3) is 0 Å². The molecular formula is C15H15NO. The number of terminal acetylenes is 1. The van der Waals surface area contributed by atoms with E-state index in [1.807, 2.05) is 11.0 Å². The van der Waals surface area contributed by atoms with Crippen molar-refractivity contribution >= 4 is 5.91 Å². The van der Waals surface area contributed by atoms with Crippen molar-refractivity contribution in [1.82, 2.24) is 4.90 Å². The lowest BCUT2D eigenvalue weighted by molar-refractivity contribution is -0.128. The van der Waals surface area contributed by atoms with E-state index < -0.39 is 0 Å². The highest BCUT2D eigenvalue weighted by atomic mass is 16.2. The van der Waals surface area contributed by atoms with Crippen molar-refractivity contribution in [3.05, 3.63) is 35.9 Å². The van der Waals surface area contributed by atoms with E-state index in [4.69, 9.17) is 6.42 Å². The monoisotopic (exact) mass is 225 g/mol. The van der Waals surface area contributed by atoms with Crippen molar-refractivity contribution in [3.63, 3.8) is 0 Å². The number of benzene rings is 1. The van der Waals surface area contributed by atoms with Gasteiger partial charge in [-0.1, -0.05) is 30.3 Å². The molecular weight excluding hydrogens is 210 g/mol. The third-order valence-corrected chi connectivity index (χ3v) is 3.78. The Hall–Kier alpha value is -1.75. The van der Waals surface area contributed by atoms with Gasteiger partial charge in [-0.3, -0.25) is 4.79 Å². The van der Waals surface area contributed by atoms with Gasteiger partial charge in [0, 0.05) is 30.8 Å². The normalized spacial score (nSPS) is 31.4. The average Bonchev–Trinajstić information content (AvgIpc) is 3.07.